The minimum Gasteiger partial charge on any atom is -0.475 e. The summed E-state index contributed by atoms with van der Waals surface area (Å²) in [6.45, 7) is 0. The smallest absolute Gasteiger partial charge is 0.372 e. The van der Waals surface area contributed by atoms with Gasteiger partial charge in [-0.25, -0.2) is 13.6 Å². The minimum atomic E-state index is -1.60. The fourth-order valence-electron chi connectivity index (χ4n) is 1.45. The highest BCUT2D eigenvalue weighted by atomic mass is 19.2. The average Bonchev–Trinajstić information content (AvgIpc) is 2.22. The molecule has 17 heavy (non-hydrogen) atoms. The Labute approximate surface area is 96.5 Å². The van der Waals surface area contributed by atoms with Gasteiger partial charge in [0.25, 0.3) is 0 Å². The number of hydrogen-bond donors (Lipinski definition) is 1. The van der Waals surface area contributed by atoms with E-state index < -0.39 is 29.8 Å². The highest BCUT2D eigenvalue weighted by molar-refractivity contribution is 6.33. The van der Waals surface area contributed by atoms with E-state index in [1.165, 1.54) is 25.1 Å². The second kappa shape index (κ2) is 4.90. The van der Waals surface area contributed by atoms with Crippen molar-refractivity contribution in [3.63, 3.8) is 0 Å². The van der Waals surface area contributed by atoms with Crippen molar-refractivity contribution in [3.8, 4) is 0 Å². The van der Waals surface area contributed by atoms with E-state index in [0.717, 1.165) is 6.07 Å². The van der Waals surface area contributed by atoms with E-state index in [0.29, 0.717) is 0 Å². The van der Waals surface area contributed by atoms with E-state index in [1.807, 2.05) is 0 Å². The highest BCUT2D eigenvalue weighted by Crippen LogP contribution is 2.25. The number of ketones is 1. The van der Waals surface area contributed by atoms with Crippen molar-refractivity contribution >= 4 is 17.4 Å². The third-order valence-electron chi connectivity index (χ3n) is 2.19. The van der Waals surface area contributed by atoms with Gasteiger partial charge in [-0.15, -0.1) is 0 Å². The molecule has 6 heteroatoms. The van der Waals surface area contributed by atoms with E-state index in [4.69, 9.17) is 5.11 Å². The van der Waals surface area contributed by atoms with Crippen molar-refractivity contribution in [2.45, 2.75) is 6.42 Å². The lowest BCUT2D eigenvalue weighted by atomic mass is 10.1. The second-order valence-electron chi connectivity index (χ2n) is 3.67. The van der Waals surface area contributed by atoms with Gasteiger partial charge in [-0.2, -0.15) is 0 Å². The number of carboxylic acids is 1. The van der Waals surface area contributed by atoms with Gasteiger partial charge >= 0.3 is 5.97 Å². The molecule has 0 amide bonds. The number of nitrogens with zero attached hydrogens (tertiary/aromatic N) is 1. The molecule has 0 heterocycles. The van der Waals surface area contributed by atoms with Crippen LogP contribution in [0.3, 0.4) is 0 Å². The standard InChI is InChI=1S/C11H11F2NO3/c1-14(2)10-6(5-8(15)11(16)17)3-4-7(12)9(10)13/h3-4H,5H2,1-2H3,(H,16,17). The van der Waals surface area contributed by atoms with Crippen LogP contribution in [-0.4, -0.2) is 31.0 Å². The summed E-state index contributed by atoms with van der Waals surface area (Å²) in [5.41, 5.74) is 0.0286. The molecule has 0 aromatic heterocycles. The maximum absolute atomic E-state index is 13.5. The first-order chi connectivity index (χ1) is 7.84. The number of anilines is 1. The van der Waals surface area contributed by atoms with Crippen LogP contribution in [0.15, 0.2) is 12.1 Å². The first-order valence-electron chi connectivity index (χ1n) is 4.75. The van der Waals surface area contributed by atoms with Gasteiger partial charge in [-0.1, -0.05) is 6.07 Å². The van der Waals surface area contributed by atoms with Crippen LogP contribution in [0.25, 0.3) is 0 Å². The third-order valence-corrected chi connectivity index (χ3v) is 2.19. The zero-order valence-electron chi connectivity index (χ0n) is 9.33. The molecule has 0 saturated carbocycles. The van der Waals surface area contributed by atoms with E-state index in [-0.39, 0.29) is 11.3 Å². The summed E-state index contributed by atoms with van der Waals surface area (Å²) in [5.74, 6) is -4.80. The summed E-state index contributed by atoms with van der Waals surface area (Å²) in [7, 11) is 2.96. The van der Waals surface area contributed by atoms with Crippen LogP contribution in [0.1, 0.15) is 5.56 Å². The number of hydrogen-bond acceptors (Lipinski definition) is 3. The lowest BCUT2D eigenvalue weighted by Crippen LogP contribution is -2.19. The van der Waals surface area contributed by atoms with Crippen LogP contribution >= 0.6 is 0 Å². The van der Waals surface area contributed by atoms with Gasteiger partial charge in [-0.3, -0.25) is 4.79 Å². The summed E-state index contributed by atoms with van der Waals surface area (Å²) in [6, 6.07) is 2.07. The van der Waals surface area contributed by atoms with Gasteiger partial charge in [0.15, 0.2) is 11.6 Å². The quantitative estimate of drug-likeness (QED) is 0.808. The topological polar surface area (TPSA) is 57.6 Å². The van der Waals surface area contributed by atoms with Gasteiger partial charge in [0.1, 0.15) is 0 Å². The second-order valence-corrected chi connectivity index (χ2v) is 3.67. The van der Waals surface area contributed by atoms with E-state index in [1.54, 1.807) is 0 Å². The van der Waals surface area contributed by atoms with Gasteiger partial charge in [0, 0.05) is 20.5 Å². The Morgan fingerprint density at radius 1 is 1.29 bits per heavy atom. The molecule has 0 atom stereocenters. The molecule has 92 valence electrons. The molecule has 0 radical (unpaired) electrons. The predicted octanol–water partition coefficient (Wildman–Crippen LogP) is 1.23. The van der Waals surface area contributed by atoms with Crippen LogP contribution in [0.4, 0.5) is 14.5 Å². The van der Waals surface area contributed by atoms with Gasteiger partial charge in [0.2, 0.25) is 5.78 Å². The Morgan fingerprint density at radius 3 is 2.35 bits per heavy atom. The number of aliphatic carboxylic acids is 1. The zero-order chi connectivity index (χ0) is 13.2. The monoisotopic (exact) mass is 243 g/mol. The van der Waals surface area contributed by atoms with E-state index >= 15 is 0 Å². The number of rotatable bonds is 4. The fraction of sp³-hybridized carbons (Fsp3) is 0.273. The van der Waals surface area contributed by atoms with Crippen LogP contribution in [0, 0.1) is 11.6 Å². The molecule has 0 aliphatic carbocycles. The number of Topliss-reactive ketones (excluding diaryl/α,β-unsaturated/α-hetero) is 1. The van der Waals surface area contributed by atoms with Crippen molar-refractivity contribution < 1.29 is 23.5 Å². The lowest BCUT2D eigenvalue weighted by molar-refractivity contribution is -0.148. The first kappa shape index (κ1) is 13.1. The molecular formula is C11H11F2NO3. The number of halogens is 2. The zero-order valence-corrected chi connectivity index (χ0v) is 9.33. The Balaban J connectivity index is 3.20. The van der Waals surface area contributed by atoms with Crippen molar-refractivity contribution in [1.82, 2.24) is 0 Å². The molecule has 1 N–H and O–H groups in total. The molecule has 1 aromatic rings. The molecule has 0 spiro atoms. The number of carbonyl (C=O) groups excluding carboxylic acids is 1. The van der Waals surface area contributed by atoms with E-state index in [9.17, 15) is 18.4 Å². The van der Waals surface area contributed by atoms with Crippen molar-refractivity contribution in [2.75, 3.05) is 19.0 Å². The van der Waals surface area contributed by atoms with Crippen LogP contribution in [0.5, 0.6) is 0 Å². The average molecular weight is 243 g/mol. The summed E-state index contributed by atoms with van der Waals surface area (Å²) < 4.78 is 26.5. The lowest BCUT2D eigenvalue weighted by Gasteiger charge is -2.17. The van der Waals surface area contributed by atoms with Gasteiger partial charge in [0.05, 0.1) is 5.69 Å². The maximum Gasteiger partial charge on any atom is 0.372 e. The summed E-state index contributed by atoms with van der Waals surface area (Å²) >= 11 is 0. The Bertz CT molecular complexity index is 472. The van der Waals surface area contributed by atoms with Crippen LogP contribution in [-0.2, 0) is 16.0 Å². The maximum atomic E-state index is 13.5. The van der Waals surface area contributed by atoms with Crippen LogP contribution < -0.4 is 4.90 Å². The van der Waals surface area contributed by atoms with Gasteiger partial charge < -0.3 is 10.0 Å². The number of carbonyl (C=O) groups is 2. The predicted molar refractivity (Wildman–Crippen MR) is 57.0 cm³/mol. The number of benzene rings is 1. The molecule has 0 aliphatic rings. The summed E-state index contributed by atoms with van der Waals surface area (Å²) in [5, 5.41) is 8.47. The largest absolute Gasteiger partial charge is 0.475 e. The molecular weight excluding hydrogens is 232 g/mol. The fourth-order valence-corrected chi connectivity index (χ4v) is 1.45. The van der Waals surface area contributed by atoms with Crippen molar-refractivity contribution in [2.24, 2.45) is 0 Å². The molecule has 0 unspecified atom stereocenters. The molecule has 1 aromatic carbocycles. The molecule has 4 nitrogen and oxygen atoms in total. The number of carboxylic acid groups (broad SMARTS) is 1. The SMILES string of the molecule is CN(C)c1c(CC(=O)C(=O)O)ccc(F)c1F. The molecule has 1 rings (SSSR count). The van der Waals surface area contributed by atoms with Crippen molar-refractivity contribution in [1.29, 1.82) is 0 Å². The first-order valence-corrected chi connectivity index (χ1v) is 4.75. The highest BCUT2D eigenvalue weighted by Gasteiger charge is 2.20. The Kier molecular flexibility index (Phi) is 3.77. The van der Waals surface area contributed by atoms with Gasteiger partial charge in [-0.05, 0) is 11.6 Å². The molecule has 0 fully saturated rings. The Hall–Kier alpha value is -1.98. The van der Waals surface area contributed by atoms with Crippen molar-refractivity contribution in [3.05, 3.63) is 29.3 Å². The molecule has 0 saturated heterocycles. The summed E-state index contributed by atoms with van der Waals surface area (Å²) in [4.78, 5) is 22.7. The Morgan fingerprint density at radius 2 is 1.88 bits per heavy atom. The van der Waals surface area contributed by atoms with Crippen LogP contribution in [0.2, 0.25) is 0 Å². The third kappa shape index (κ3) is 2.77. The molecule has 0 aliphatic heterocycles. The molecule has 0 bridgehead atoms. The minimum absolute atomic E-state index is 0.111. The summed E-state index contributed by atoms with van der Waals surface area (Å²) in [6.07, 6.45) is -0.472. The normalized spacial score (nSPS) is 10.1. The van der Waals surface area contributed by atoms with E-state index in [2.05, 4.69) is 0 Å².